The van der Waals surface area contributed by atoms with Crippen molar-refractivity contribution >= 4 is 11.9 Å². The van der Waals surface area contributed by atoms with Gasteiger partial charge in [-0.1, -0.05) is 214 Å². The molecule has 0 radical (unpaired) electrons. The van der Waals surface area contributed by atoms with Crippen LogP contribution in [0, 0.1) is 19.8 Å². The zero-order chi connectivity index (χ0) is 40.4. The minimum atomic E-state index is -1.20. The van der Waals surface area contributed by atoms with Gasteiger partial charge >= 0.3 is 33.7 Å². The number of rotatable bonds is 8. The summed E-state index contributed by atoms with van der Waals surface area (Å²) in [5.74, 6) is -0.979. The smallest absolute Gasteiger partial charge is 0.480 e. The molecule has 3 aliphatic rings. The van der Waals surface area contributed by atoms with E-state index in [1.54, 1.807) is 22.3 Å². The van der Waals surface area contributed by atoms with Crippen molar-refractivity contribution in [3.8, 4) is 0 Å². The van der Waals surface area contributed by atoms with Crippen molar-refractivity contribution in [2.24, 2.45) is 5.92 Å². The van der Waals surface area contributed by atoms with Crippen LogP contribution in [0.25, 0.3) is 0 Å². The molecule has 0 spiro atoms. The van der Waals surface area contributed by atoms with E-state index in [2.05, 4.69) is 13.3 Å². The molecule has 2 N–H and O–H groups in total. The van der Waals surface area contributed by atoms with Crippen molar-refractivity contribution in [2.75, 3.05) is 0 Å². The molecule has 5 heteroatoms. The molecule has 1 unspecified atom stereocenters. The second kappa shape index (κ2) is 21.0. The average Bonchev–Trinajstić information content (AvgIpc) is 3.58. The zero-order valence-corrected chi connectivity index (χ0v) is 36.2. The Morgan fingerprint density at radius 2 is 0.750 bits per heavy atom. The van der Waals surface area contributed by atoms with Gasteiger partial charge in [-0.2, -0.15) is 5.57 Å². The Bertz CT molecular complexity index is 1980. The van der Waals surface area contributed by atoms with Crippen molar-refractivity contribution in [1.82, 2.24) is 0 Å². The number of carboxylic acids is 2. The van der Waals surface area contributed by atoms with Gasteiger partial charge in [0.2, 0.25) is 0 Å². The van der Waals surface area contributed by atoms with Gasteiger partial charge in [0.15, 0.2) is 0 Å². The first-order valence-corrected chi connectivity index (χ1v) is 20.5. The molecule has 4 nitrogen and oxygen atoms in total. The number of allylic oxidation sites excluding steroid dienone is 4. The third-order valence-electron chi connectivity index (χ3n) is 12.1. The van der Waals surface area contributed by atoms with Crippen molar-refractivity contribution in [3.63, 3.8) is 0 Å². The minimum absolute atomic E-state index is 0. The molecular weight excluding hydrogens is 772 g/mol. The predicted molar refractivity (Wildman–Crippen MR) is 240 cm³/mol. The third kappa shape index (κ3) is 8.92. The van der Waals surface area contributed by atoms with Gasteiger partial charge in [0.1, 0.15) is 10.8 Å². The molecular formula is C55H54O4Ti. The molecule has 9 rings (SSSR count). The van der Waals surface area contributed by atoms with Crippen molar-refractivity contribution in [1.29, 1.82) is 0 Å². The summed E-state index contributed by atoms with van der Waals surface area (Å²) >= 11 is 0. The van der Waals surface area contributed by atoms with Crippen molar-refractivity contribution in [2.45, 2.75) is 62.7 Å². The van der Waals surface area contributed by atoms with Gasteiger partial charge < -0.3 is 17.6 Å². The van der Waals surface area contributed by atoms with Crippen LogP contribution in [0.5, 0.6) is 0 Å². The van der Waals surface area contributed by atoms with Crippen LogP contribution in [-0.4, -0.2) is 22.2 Å². The van der Waals surface area contributed by atoms with E-state index in [0.29, 0.717) is 0 Å². The summed E-state index contributed by atoms with van der Waals surface area (Å²) in [6, 6.07) is 56.3. The molecule has 0 bridgehead atoms. The summed E-state index contributed by atoms with van der Waals surface area (Å²) in [5, 5.41) is 20.4. The maximum absolute atomic E-state index is 12.4. The summed E-state index contributed by atoms with van der Waals surface area (Å²) in [7, 11) is 0. The third-order valence-corrected chi connectivity index (χ3v) is 12.1. The summed E-state index contributed by atoms with van der Waals surface area (Å²) in [6.07, 6.45) is 12.2. The molecule has 0 aromatic heterocycles. The van der Waals surface area contributed by atoms with E-state index in [0.717, 1.165) is 39.3 Å². The van der Waals surface area contributed by atoms with Crippen LogP contribution in [0.4, 0.5) is 0 Å². The van der Waals surface area contributed by atoms with Crippen LogP contribution in [0.2, 0.25) is 0 Å². The Morgan fingerprint density at radius 1 is 0.467 bits per heavy atom. The van der Waals surface area contributed by atoms with Gasteiger partial charge in [0, 0.05) is 0 Å². The van der Waals surface area contributed by atoms with Gasteiger partial charge in [-0.05, 0) is 58.6 Å². The van der Waals surface area contributed by atoms with Gasteiger partial charge in [0.25, 0.3) is 0 Å². The number of carboxylic acid groups (broad SMARTS) is 2. The molecule has 0 amide bonds. The van der Waals surface area contributed by atoms with E-state index < -0.39 is 22.8 Å². The largest absolute Gasteiger partial charge is 2.00 e. The average molecular weight is 827 g/mol. The predicted octanol–water partition coefficient (Wildman–Crippen LogP) is 12.9. The van der Waals surface area contributed by atoms with Crippen LogP contribution in [0.15, 0.2) is 204 Å². The molecule has 0 saturated carbocycles. The Kier molecular flexibility index (Phi) is 15.9. The maximum Gasteiger partial charge on any atom is 2.00 e. The first kappa shape index (κ1) is 45.4. The molecule has 302 valence electrons. The van der Waals surface area contributed by atoms with Crippen LogP contribution in [0.1, 0.15) is 85.3 Å². The summed E-state index contributed by atoms with van der Waals surface area (Å²) in [5.41, 5.74) is 9.16. The fraction of sp³-hybridized carbons (Fsp3) is 0.200. The number of hydrogen-bond donors (Lipinski definition) is 2. The van der Waals surface area contributed by atoms with Crippen LogP contribution in [0.3, 0.4) is 0 Å². The Hall–Kier alpha value is -5.68. The molecule has 60 heavy (non-hydrogen) atoms. The number of aliphatic carboxylic acids is 2. The van der Waals surface area contributed by atoms with Gasteiger partial charge in [-0.15, -0.1) is 12.0 Å². The van der Waals surface area contributed by atoms with E-state index in [4.69, 9.17) is 0 Å². The van der Waals surface area contributed by atoms with E-state index in [9.17, 15) is 19.8 Å². The molecule has 0 aliphatic heterocycles. The van der Waals surface area contributed by atoms with Crippen molar-refractivity contribution in [3.05, 3.63) is 252 Å². The van der Waals surface area contributed by atoms with Crippen LogP contribution < -0.4 is 0 Å². The zero-order valence-electron chi connectivity index (χ0n) is 34.6. The summed E-state index contributed by atoms with van der Waals surface area (Å²) < 4.78 is 0. The second-order valence-electron chi connectivity index (χ2n) is 15.3. The Balaban J connectivity index is 0.000000172. The standard InChI is InChI=1S/2C20H16O2.C14H19.CH3.Ti/c2*21-19(22)20(16-10-4-1-5-11-16,17-12-6-2-7-13-17)18-14-8-3-9-15-18;1-10-11-6-2-4-8-13(11)14-9-5-3-7-12(10)14;;/h2*1-15H,(H,21,22);6,10H,2-5,7-9H2,1H3;1H3;/q;;2*-1;+2. The fourth-order valence-electron chi connectivity index (χ4n) is 9.38. The SMILES string of the molecule is CC1C2=C(CCC[CH-]2)C2=C1CCCC2.O=C(O)C(c1ccccc1)(c1ccccc1)c1ccccc1.O=C(O)C(c1ccccc1)(c1ccccc1)c1ccccc1.[CH3-].[Ti+2]. The van der Waals surface area contributed by atoms with Crippen LogP contribution in [-0.2, 0) is 42.1 Å². The Labute approximate surface area is 371 Å². The first-order chi connectivity index (χ1) is 28.4. The van der Waals surface area contributed by atoms with E-state index >= 15 is 0 Å². The molecule has 6 aromatic rings. The van der Waals surface area contributed by atoms with Gasteiger partial charge in [-0.25, -0.2) is 12.0 Å². The first-order valence-electron chi connectivity index (χ1n) is 20.5. The fourth-order valence-corrected chi connectivity index (χ4v) is 9.38. The number of carbonyl (C=O) groups is 2. The van der Waals surface area contributed by atoms with Gasteiger partial charge in [-0.3, -0.25) is 9.59 Å². The van der Waals surface area contributed by atoms with E-state index in [-0.39, 0.29) is 29.1 Å². The Morgan fingerprint density at radius 3 is 1.05 bits per heavy atom. The summed E-state index contributed by atoms with van der Waals surface area (Å²) in [6.45, 7) is 2.42. The van der Waals surface area contributed by atoms with Crippen LogP contribution >= 0.6 is 0 Å². The minimum Gasteiger partial charge on any atom is -0.480 e. The topological polar surface area (TPSA) is 74.6 Å². The van der Waals surface area contributed by atoms with E-state index in [1.165, 1.54) is 44.9 Å². The molecule has 1 atom stereocenters. The molecule has 3 aliphatic carbocycles. The number of fused-ring (bicyclic) bond motifs is 1. The number of benzene rings is 6. The normalized spacial score (nSPS) is 15.4. The monoisotopic (exact) mass is 826 g/mol. The molecule has 0 saturated heterocycles. The van der Waals surface area contributed by atoms with E-state index in [1.807, 2.05) is 182 Å². The molecule has 0 fully saturated rings. The number of hydrogen-bond acceptors (Lipinski definition) is 2. The second-order valence-corrected chi connectivity index (χ2v) is 15.3. The summed E-state index contributed by atoms with van der Waals surface area (Å²) in [4.78, 5) is 24.8. The molecule has 6 aromatic carbocycles. The maximum atomic E-state index is 12.4. The quantitative estimate of drug-likeness (QED) is 0.0910. The van der Waals surface area contributed by atoms with Crippen molar-refractivity contribution < 1.29 is 41.5 Å². The van der Waals surface area contributed by atoms with Gasteiger partial charge in [0.05, 0.1) is 0 Å². The molecule has 0 heterocycles.